The van der Waals surface area contributed by atoms with Gasteiger partial charge in [0.2, 0.25) is 0 Å². The second kappa shape index (κ2) is 7.25. The van der Waals surface area contributed by atoms with Crippen LogP contribution in [0.1, 0.15) is 51.3 Å². The Hall–Kier alpha value is -1.41. The Balaban J connectivity index is 2.21. The molecule has 0 spiro atoms. The lowest BCUT2D eigenvalue weighted by atomic mass is 10.0. The number of hydrogen-bond donors (Lipinski definition) is 1. The molecule has 0 saturated heterocycles. The Morgan fingerprint density at radius 1 is 1.05 bits per heavy atom. The van der Waals surface area contributed by atoms with Crippen LogP contribution in [0.3, 0.4) is 0 Å². The molecule has 2 rings (SSSR count). The van der Waals surface area contributed by atoms with Gasteiger partial charge in [0.15, 0.2) is 0 Å². The van der Waals surface area contributed by atoms with Gasteiger partial charge in [-0.05, 0) is 31.5 Å². The summed E-state index contributed by atoms with van der Waals surface area (Å²) in [6.07, 6.45) is 4.81. The van der Waals surface area contributed by atoms with E-state index in [0.717, 1.165) is 18.5 Å². The zero-order valence-electron chi connectivity index (χ0n) is 12.0. The molecule has 1 atom stereocenters. The summed E-state index contributed by atoms with van der Waals surface area (Å²) in [5, 5.41) is 4.84. The van der Waals surface area contributed by atoms with E-state index in [1.165, 1.54) is 30.3 Å². The average molecular weight is 256 g/mol. The molecule has 1 aromatic heterocycles. The van der Waals surface area contributed by atoms with Crippen LogP contribution in [0.25, 0.3) is 10.9 Å². The van der Waals surface area contributed by atoms with E-state index in [0.29, 0.717) is 6.04 Å². The van der Waals surface area contributed by atoms with E-state index in [2.05, 4.69) is 55.6 Å². The maximum Gasteiger partial charge on any atom is 0.0706 e. The molecule has 2 heteroatoms. The third-order valence-electron chi connectivity index (χ3n) is 3.46. The summed E-state index contributed by atoms with van der Waals surface area (Å²) < 4.78 is 0. The van der Waals surface area contributed by atoms with Gasteiger partial charge < -0.3 is 5.32 Å². The number of nitrogens with one attached hydrogen (secondary N) is 1. The van der Waals surface area contributed by atoms with Crippen molar-refractivity contribution in [3.05, 3.63) is 42.1 Å². The number of nitrogens with zero attached hydrogens (tertiary/aromatic N) is 1. The highest BCUT2D eigenvalue weighted by molar-refractivity contribution is 5.78. The molecular formula is C17H24N2. The van der Waals surface area contributed by atoms with Crippen LogP contribution in [0.5, 0.6) is 0 Å². The summed E-state index contributed by atoms with van der Waals surface area (Å²) in [6, 6.07) is 13.1. The molecule has 0 saturated carbocycles. The summed E-state index contributed by atoms with van der Waals surface area (Å²) in [7, 11) is 0. The highest BCUT2D eigenvalue weighted by Crippen LogP contribution is 2.20. The zero-order chi connectivity index (χ0) is 13.5. The predicted molar refractivity (Wildman–Crippen MR) is 82.3 cm³/mol. The lowest BCUT2D eigenvalue weighted by Crippen LogP contribution is -2.23. The number of para-hydroxylation sites is 1. The first-order chi connectivity index (χ1) is 9.35. The number of unbranched alkanes of at least 4 members (excludes halogenated alkanes) is 1. The molecule has 1 aromatic carbocycles. The fourth-order valence-corrected chi connectivity index (χ4v) is 2.36. The number of pyridine rings is 1. The molecule has 102 valence electrons. The summed E-state index contributed by atoms with van der Waals surface area (Å²) in [5.74, 6) is 0. The van der Waals surface area contributed by atoms with Crippen LogP contribution in [0.2, 0.25) is 0 Å². The smallest absolute Gasteiger partial charge is 0.0706 e. The van der Waals surface area contributed by atoms with Crippen molar-refractivity contribution in [3.8, 4) is 0 Å². The Morgan fingerprint density at radius 2 is 1.89 bits per heavy atom. The van der Waals surface area contributed by atoms with Crippen molar-refractivity contribution >= 4 is 10.9 Å². The van der Waals surface area contributed by atoms with Crippen molar-refractivity contribution in [2.24, 2.45) is 0 Å². The minimum absolute atomic E-state index is 0.393. The van der Waals surface area contributed by atoms with E-state index in [9.17, 15) is 0 Å². The van der Waals surface area contributed by atoms with Gasteiger partial charge >= 0.3 is 0 Å². The van der Waals surface area contributed by atoms with Crippen LogP contribution in [-0.4, -0.2) is 11.5 Å². The molecule has 2 nitrogen and oxygen atoms in total. The van der Waals surface area contributed by atoms with Crippen molar-refractivity contribution < 1.29 is 0 Å². The molecule has 0 aliphatic rings. The Labute approximate surface area is 116 Å². The van der Waals surface area contributed by atoms with Crippen molar-refractivity contribution in [2.75, 3.05) is 6.54 Å². The monoisotopic (exact) mass is 256 g/mol. The zero-order valence-corrected chi connectivity index (χ0v) is 12.0. The molecule has 1 heterocycles. The van der Waals surface area contributed by atoms with E-state index in [4.69, 9.17) is 4.98 Å². The third kappa shape index (κ3) is 3.77. The van der Waals surface area contributed by atoms with Gasteiger partial charge in [-0.1, -0.05) is 51.0 Å². The maximum atomic E-state index is 4.82. The van der Waals surface area contributed by atoms with Crippen LogP contribution in [0.4, 0.5) is 0 Å². The van der Waals surface area contributed by atoms with E-state index < -0.39 is 0 Å². The van der Waals surface area contributed by atoms with Gasteiger partial charge in [0.25, 0.3) is 0 Å². The highest BCUT2D eigenvalue weighted by Gasteiger charge is 2.11. The van der Waals surface area contributed by atoms with Crippen LogP contribution in [-0.2, 0) is 0 Å². The number of aromatic nitrogens is 1. The Kier molecular flexibility index (Phi) is 5.34. The Bertz CT molecular complexity index is 499. The summed E-state index contributed by atoms with van der Waals surface area (Å²) >= 11 is 0. The minimum Gasteiger partial charge on any atom is -0.309 e. The fourth-order valence-electron chi connectivity index (χ4n) is 2.36. The van der Waals surface area contributed by atoms with Gasteiger partial charge in [-0.15, -0.1) is 0 Å². The van der Waals surface area contributed by atoms with Gasteiger partial charge in [0.05, 0.1) is 11.2 Å². The van der Waals surface area contributed by atoms with Gasteiger partial charge in [0, 0.05) is 11.4 Å². The fraction of sp³-hybridized carbons (Fsp3) is 0.471. The van der Waals surface area contributed by atoms with Crippen LogP contribution in [0.15, 0.2) is 36.4 Å². The van der Waals surface area contributed by atoms with E-state index >= 15 is 0 Å². The Morgan fingerprint density at radius 3 is 2.68 bits per heavy atom. The first kappa shape index (κ1) is 14.0. The summed E-state index contributed by atoms with van der Waals surface area (Å²) in [4.78, 5) is 4.82. The molecule has 1 unspecified atom stereocenters. The van der Waals surface area contributed by atoms with Crippen LogP contribution >= 0.6 is 0 Å². The molecule has 1 N–H and O–H groups in total. The third-order valence-corrected chi connectivity index (χ3v) is 3.46. The lowest BCUT2D eigenvalue weighted by molar-refractivity contribution is 0.473. The molecular weight excluding hydrogens is 232 g/mol. The lowest BCUT2D eigenvalue weighted by Gasteiger charge is -2.18. The quantitative estimate of drug-likeness (QED) is 0.790. The molecule has 0 amide bonds. The normalized spacial score (nSPS) is 12.7. The first-order valence-electron chi connectivity index (χ1n) is 7.44. The van der Waals surface area contributed by atoms with Crippen LogP contribution < -0.4 is 5.32 Å². The SMILES string of the molecule is CCCCC(NCCC)c1ccc2ccccc2n1. The van der Waals surface area contributed by atoms with Gasteiger partial charge in [0.1, 0.15) is 0 Å². The number of benzene rings is 1. The van der Waals surface area contributed by atoms with E-state index in [-0.39, 0.29) is 0 Å². The van der Waals surface area contributed by atoms with Gasteiger partial charge in [-0.2, -0.15) is 0 Å². The van der Waals surface area contributed by atoms with E-state index in [1.807, 2.05) is 0 Å². The average Bonchev–Trinajstić information content (AvgIpc) is 2.47. The molecule has 0 bridgehead atoms. The molecule has 0 radical (unpaired) electrons. The number of hydrogen-bond acceptors (Lipinski definition) is 2. The highest BCUT2D eigenvalue weighted by atomic mass is 14.9. The first-order valence-corrected chi connectivity index (χ1v) is 7.44. The second-order valence-electron chi connectivity index (χ2n) is 5.08. The van der Waals surface area contributed by atoms with Gasteiger partial charge in [-0.25, -0.2) is 0 Å². The molecule has 19 heavy (non-hydrogen) atoms. The minimum atomic E-state index is 0.393. The molecule has 2 aromatic rings. The van der Waals surface area contributed by atoms with Crippen LogP contribution in [0, 0.1) is 0 Å². The predicted octanol–water partition coefficient (Wildman–Crippen LogP) is 4.47. The van der Waals surface area contributed by atoms with Crippen molar-refractivity contribution in [1.29, 1.82) is 0 Å². The number of fused-ring (bicyclic) bond motifs is 1. The standard InChI is InChI=1S/C17H24N2/c1-3-5-9-16(18-13-4-2)17-12-11-14-8-6-7-10-15(14)19-17/h6-8,10-12,16,18H,3-5,9,13H2,1-2H3. The summed E-state index contributed by atoms with van der Waals surface area (Å²) in [6.45, 7) is 5.51. The van der Waals surface area contributed by atoms with Crippen molar-refractivity contribution in [2.45, 2.75) is 45.6 Å². The topological polar surface area (TPSA) is 24.9 Å². The largest absolute Gasteiger partial charge is 0.309 e. The molecule has 0 aliphatic carbocycles. The summed E-state index contributed by atoms with van der Waals surface area (Å²) in [5.41, 5.74) is 2.28. The van der Waals surface area contributed by atoms with E-state index in [1.54, 1.807) is 0 Å². The number of rotatable bonds is 7. The molecule has 0 aliphatic heterocycles. The molecule has 0 fully saturated rings. The van der Waals surface area contributed by atoms with Gasteiger partial charge in [-0.3, -0.25) is 4.98 Å². The van der Waals surface area contributed by atoms with Crippen molar-refractivity contribution in [3.63, 3.8) is 0 Å². The second-order valence-corrected chi connectivity index (χ2v) is 5.08. The maximum absolute atomic E-state index is 4.82. The van der Waals surface area contributed by atoms with Crippen molar-refractivity contribution in [1.82, 2.24) is 10.3 Å².